The molecule has 0 bridgehead atoms. The van der Waals surface area contributed by atoms with Crippen LogP contribution in [-0.4, -0.2) is 25.9 Å². The number of carbonyl (C=O) groups is 1. The third-order valence-corrected chi connectivity index (χ3v) is 3.38. The fourth-order valence-corrected chi connectivity index (χ4v) is 2.13. The van der Waals surface area contributed by atoms with Crippen LogP contribution < -0.4 is 24.3 Å². The zero-order chi connectivity index (χ0) is 16.2. The van der Waals surface area contributed by atoms with Crippen molar-refractivity contribution in [1.82, 2.24) is 0 Å². The first-order valence-electron chi connectivity index (χ1n) is 7.17. The van der Waals surface area contributed by atoms with Crippen LogP contribution in [0.1, 0.15) is 6.92 Å². The number of fused-ring (bicyclic) bond motifs is 1. The maximum absolute atomic E-state index is 12.2. The molecule has 120 valence electrons. The van der Waals surface area contributed by atoms with E-state index >= 15 is 0 Å². The molecule has 2 aromatic rings. The highest BCUT2D eigenvalue weighted by atomic mass is 16.7. The summed E-state index contributed by atoms with van der Waals surface area (Å²) in [5.41, 5.74) is 0.629. The summed E-state index contributed by atoms with van der Waals surface area (Å²) in [6.07, 6.45) is -0.645. The van der Waals surface area contributed by atoms with Crippen LogP contribution in [0.3, 0.4) is 0 Å². The zero-order valence-corrected chi connectivity index (χ0v) is 12.9. The molecule has 0 fully saturated rings. The van der Waals surface area contributed by atoms with Crippen LogP contribution >= 0.6 is 0 Å². The first-order chi connectivity index (χ1) is 11.2. The van der Waals surface area contributed by atoms with Gasteiger partial charge >= 0.3 is 0 Å². The van der Waals surface area contributed by atoms with Crippen molar-refractivity contribution in [2.45, 2.75) is 13.0 Å². The van der Waals surface area contributed by atoms with Crippen molar-refractivity contribution in [3.8, 4) is 23.0 Å². The third kappa shape index (κ3) is 3.48. The van der Waals surface area contributed by atoms with Crippen molar-refractivity contribution in [3.05, 3.63) is 42.5 Å². The highest BCUT2D eigenvalue weighted by Gasteiger charge is 2.18. The van der Waals surface area contributed by atoms with Crippen LogP contribution in [-0.2, 0) is 4.79 Å². The Morgan fingerprint density at radius 1 is 1.09 bits per heavy atom. The molecule has 0 aliphatic carbocycles. The minimum Gasteiger partial charge on any atom is -0.497 e. The number of anilines is 1. The molecule has 0 unspecified atom stereocenters. The minimum atomic E-state index is -0.645. The summed E-state index contributed by atoms with van der Waals surface area (Å²) in [7, 11) is 1.59. The molecule has 1 aliphatic rings. The predicted octanol–water partition coefficient (Wildman–Crippen LogP) is 2.83. The molecular formula is C17H17NO5. The van der Waals surface area contributed by atoms with Gasteiger partial charge in [-0.25, -0.2) is 0 Å². The number of benzene rings is 2. The molecule has 1 heterocycles. The molecule has 0 spiro atoms. The van der Waals surface area contributed by atoms with E-state index in [1.165, 1.54) is 0 Å². The molecule has 1 N–H and O–H groups in total. The number of carbonyl (C=O) groups excluding carboxylic acids is 1. The number of nitrogens with one attached hydrogen (secondary N) is 1. The van der Waals surface area contributed by atoms with E-state index in [0.717, 1.165) is 5.75 Å². The molecular weight excluding hydrogens is 298 g/mol. The van der Waals surface area contributed by atoms with Crippen molar-refractivity contribution in [2.24, 2.45) is 0 Å². The van der Waals surface area contributed by atoms with Gasteiger partial charge in [0.25, 0.3) is 5.91 Å². The number of methoxy groups -OCH3 is 1. The van der Waals surface area contributed by atoms with Crippen LogP contribution in [0.25, 0.3) is 0 Å². The van der Waals surface area contributed by atoms with E-state index in [-0.39, 0.29) is 12.7 Å². The monoisotopic (exact) mass is 315 g/mol. The van der Waals surface area contributed by atoms with E-state index in [4.69, 9.17) is 18.9 Å². The Hall–Kier alpha value is -2.89. The average Bonchev–Trinajstić information content (AvgIpc) is 3.03. The van der Waals surface area contributed by atoms with Crippen molar-refractivity contribution >= 4 is 11.6 Å². The van der Waals surface area contributed by atoms with Crippen LogP contribution in [0, 0.1) is 0 Å². The molecule has 6 nitrogen and oxygen atoms in total. The number of hydrogen-bond acceptors (Lipinski definition) is 5. The molecule has 1 aliphatic heterocycles. The van der Waals surface area contributed by atoms with E-state index in [9.17, 15) is 4.79 Å². The van der Waals surface area contributed by atoms with Gasteiger partial charge < -0.3 is 24.3 Å². The Balaban J connectivity index is 1.60. The summed E-state index contributed by atoms with van der Waals surface area (Å²) >= 11 is 0. The Morgan fingerprint density at radius 3 is 2.52 bits per heavy atom. The summed E-state index contributed by atoms with van der Waals surface area (Å²) in [5, 5.41) is 2.79. The second-order valence-electron chi connectivity index (χ2n) is 4.99. The lowest BCUT2D eigenvalue weighted by Gasteiger charge is -2.15. The standard InChI is InChI=1S/C17H17NO5/c1-11(23-14-6-4-13(20-2)5-7-14)17(19)18-12-3-8-15-16(9-12)22-10-21-15/h3-9,11H,10H2,1-2H3,(H,18,19)/t11-/m1/s1. The Kier molecular flexibility index (Phi) is 4.23. The lowest BCUT2D eigenvalue weighted by molar-refractivity contribution is -0.122. The molecule has 3 rings (SSSR count). The Bertz CT molecular complexity index is 699. The predicted molar refractivity (Wildman–Crippen MR) is 84.3 cm³/mol. The lowest BCUT2D eigenvalue weighted by Crippen LogP contribution is -2.30. The average molecular weight is 315 g/mol. The van der Waals surface area contributed by atoms with Gasteiger partial charge in [-0.2, -0.15) is 0 Å². The van der Waals surface area contributed by atoms with Crippen LogP contribution in [0.5, 0.6) is 23.0 Å². The maximum atomic E-state index is 12.2. The van der Waals surface area contributed by atoms with Crippen molar-refractivity contribution in [1.29, 1.82) is 0 Å². The highest BCUT2D eigenvalue weighted by Crippen LogP contribution is 2.34. The summed E-state index contributed by atoms with van der Waals surface area (Å²) < 4.78 is 21.2. The molecule has 0 radical (unpaired) electrons. The van der Waals surface area contributed by atoms with Crippen molar-refractivity contribution in [2.75, 3.05) is 19.2 Å². The van der Waals surface area contributed by atoms with E-state index in [1.807, 2.05) is 0 Å². The van der Waals surface area contributed by atoms with Gasteiger partial charge in [-0.15, -0.1) is 0 Å². The number of amides is 1. The molecule has 0 aromatic heterocycles. The zero-order valence-electron chi connectivity index (χ0n) is 12.9. The summed E-state index contributed by atoms with van der Waals surface area (Å²) in [6, 6.07) is 12.3. The fraction of sp³-hybridized carbons (Fsp3) is 0.235. The number of rotatable bonds is 5. The van der Waals surface area contributed by atoms with E-state index in [2.05, 4.69) is 5.32 Å². The maximum Gasteiger partial charge on any atom is 0.265 e. The van der Waals surface area contributed by atoms with Gasteiger partial charge in [-0.3, -0.25) is 4.79 Å². The van der Waals surface area contributed by atoms with E-state index < -0.39 is 6.10 Å². The fourth-order valence-electron chi connectivity index (χ4n) is 2.13. The van der Waals surface area contributed by atoms with Crippen LogP contribution in [0.4, 0.5) is 5.69 Å². The van der Waals surface area contributed by atoms with Crippen LogP contribution in [0.2, 0.25) is 0 Å². The number of hydrogen-bond donors (Lipinski definition) is 1. The summed E-state index contributed by atoms with van der Waals surface area (Å²) in [5.74, 6) is 2.37. The number of ether oxygens (including phenoxy) is 4. The Morgan fingerprint density at radius 2 is 1.78 bits per heavy atom. The SMILES string of the molecule is COc1ccc(O[C@H](C)C(=O)Nc2ccc3c(c2)OCO3)cc1. The molecule has 0 saturated carbocycles. The molecule has 1 amide bonds. The van der Waals surface area contributed by atoms with Gasteiger partial charge in [0, 0.05) is 11.8 Å². The molecule has 0 saturated heterocycles. The Labute approximate surface area is 133 Å². The normalized spacial score (nSPS) is 13.3. The van der Waals surface area contributed by atoms with Gasteiger partial charge in [0.1, 0.15) is 11.5 Å². The highest BCUT2D eigenvalue weighted by molar-refractivity contribution is 5.94. The largest absolute Gasteiger partial charge is 0.497 e. The third-order valence-electron chi connectivity index (χ3n) is 3.38. The smallest absolute Gasteiger partial charge is 0.265 e. The van der Waals surface area contributed by atoms with Gasteiger partial charge in [0.05, 0.1) is 7.11 Å². The van der Waals surface area contributed by atoms with E-state index in [1.54, 1.807) is 56.5 Å². The lowest BCUT2D eigenvalue weighted by atomic mass is 10.2. The van der Waals surface area contributed by atoms with Gasteiger partial charge in [-0.05, 0) is 43.3 Å². The van der Waals surface area contributed by atoms with Gasteiger partial charge in [-0.1, -0.05) is 0 Å². The second kappa shape index (κ2) is 6.48. The summed E-state index contributed by atoms with van der Waals surface area (Å²) in [4.78, 5) is 12.2. The first-order valence-corrected chi connectivity index (χ1v) is 7.17. The van der Waals surface area contributed by atoms with Gasteiger partial charge in [0.15, 0.2) is 17.6 Å². The van der Waals surface area contributed by atoms with Gasteiger partial charge in [0.2, 0.25) is 6.79 Å². The topological polar surface area (TPSA) is 66.0 Å². The van der Waals surface area contributed by atoms with Crippen molar-refractivity contribution in [3.63, 3.8) is 0 Å². The molecule has 23 heavy (non-hydrogen) atoms. The quantitative estimate of drug-likeness (QED) is 0.919. The second-order valence-corrected chi connectivity index (χ2v) is 4.99. The molecule has 6 heteroatoms. The van der Waals surface area contributed by atoms with E-state index in [0.29, 0.717) is 22.9 Å². The first kappa shape index (κ1) is 15.0. The molecule has 2 aromatic carbocycles. The van der Waals surface area contributed by atoms with Crippen LogP contribution in [0.15, 0.2) is 42.5 Å². The minimum absolute atomic E-state index is 0.198. The summed E-state index contributed by atoms with van der Waals surface area (Å²) in [6.45, 7) is 1.89. The molecule has 1 atom stereocenters. The van der Waals surface area contributed by atoms with Crippen molar-refractivity contribution < 1.29 is 23.7 Å².